The lowest BCUT2D eigenvalue weighted by atomic mass is 10.1. The summed E-state index contributed by atoms with van der Waals surface area (Å²) in [6.07, 6.45) is -0.447. The number of rotatable bonds is 10. The van der Waals surface area contributed by atoms with Crippen molar-refractivity contribution in [2.75, 3.05) is 6.54 Å². The number of carbonyl (C=O) groups excluding carboxylic acids is 2. The number of alkyl halides is 3. The molecule has 0 aliphatic carbocycles. The molecule has 0 spiro atoms. The van der Waals surface area contributed by atoms with Crippen LogP contribution >= 0.6 is 22.7 Å². The lowest BCUT2D eigenvalue weighted by molar-refractivity contribution is -0.274. The van der Waals surface area contributed by atoms with Gasteiger partial charge in [-0.25, -0.2) is 4.98 Å². The molecule has 12 heteroatoms. The molecule has 0 radical (unpaired) electrons. The van der Waals surface area contributed by atoms with Crippen molar-refractivity contribution in [1.82, 2.24) is 9.55 Å². The molecule has 0 saturated heterocycles. The molecule has 0 aliphatic rings. The van der Waals surface area contributed by atoms with Gasteiger partial charge in [-0.1, -0.05) is 0 Å². The number of aryl methyl sites for hydroxylation is 2. The van der Waals surface area contributed by atoms with Gasteiger partial charge in [0.1, 0.15) is 18.0 Å². The SMILES string of the molecule is CC(=NCC(=O)c1ccc(C(=O)CCc2cn(C)cn2)s1)c1csc(-c2ccc(OC(F)(F)F)cc2)c1O. The van der Waals surface area contributed by atoms with Crippen LogP contribution in [-0.2, 0) is 13.5 Å². The number of hydrogen-bond donors (Lipinski definition) is 1. The Hall–Kier alpha value is -3.77. The molecule has 38 heavy (non-hydrogen) atoms. The molecule has 198 valence electrons. The molecule has 0 aliphatic heterocycles. The van der Waals surface area contributed by atoms with E-state index in [2.05, 4.69) is 14.7 Å². The number of ketones is 2. The summed E-state index contributed by atoms with van der Waals surface area (Å²) in [5, 5.41) is 12.3. The van der Waals surface area contributed by atoms with Crippen molar-refractivity contribution in [1.29, 1.82) is 0 Å². The van der Waals surface area contributed by atoms with E-state index in [9.17, 15) is 27.9 Å². The van der Waals surface area contributed by atoms with E-state index in [4.69, 9.17) is 0 Å². The highest BCUT2D eigenvalue weighted by atomic mass is 32.1. The van der Waals surface area contributed by atoms with Crippen molar-refractivity contribution in [3.8, 4) is 21.9 Å². The second-order valence-electron chi connectivity index (χ2n) is 8.34. The minimum absolute atomic E-state index is 0.0619. The summed E-state index contributed by atoms with van der Waals surface area (Å²) in [5.74, 6) is -0.757. The van der Waals surface area contributed by atoms with Crippen molar-refractivity contribution in [2.45, 2.75) is 26.1 Å². The highest BCUT2D eigenvalue weighted by Gasteiger charge is 2.31. The normalized spacial score (nSPS) is 12.1. The maximum atomic E-state index is 12.7. The Morgan fingerprint density at radius 2 is 1.79 bits per heavy atom. The van der Waals surface area contributed by atoms with Crippen LogP contribution in [0.1, 0.15) is 43.9 Å². The van der Waals surface area contributed by atoms with E-state index in [0.29, 0.717) is 44.3 Å². The molecule has 7 nitrogen and oxygen atoms in total. The van der Waals surface area contributed by atoms with E-state index >= 15 is 0 Å². The fraction of sp³-hybridized carbons (Fsp3) is 0.231. The number of ether oxygens (including phenoxy) is 1. The lowest BCUT2D eigenvalue weighted by Crippen LogP contribution is -2.16. The van der Waals surface area contributed by atoms with Gasteiger partial charge in [0.25, 0.3) is 0 Å². The number of benzene rings is 1. The minimum Gasteiger partial charge on any atom is -0.506 e. The Morgan fingerprint density at radius 3 is 2.42 bits per heavy atom. The number of aromatic hydroxyl groups is 1. The fourth-order valence-corrected chi connectivity index (χ4v) is 5.49. The predicted octanol–water partition coefficient (Wildman–Crippen LogP) is 6.32. The van der Waals surface area contributed by atoms with Crippen LogP contribution in [0.25, 0.3) is 10.4 Å². The third-order valence-electron chi connectivity index (χ3n) is 5.49. The molecular formula is C26H22F3N3O4S2. The van der Waals surface area contributed by atoms with Gasteiger partial charge >= 0.3 is 6.36 Å². The third kappa shape index (κ3) is 6.75. The first kappa shape index (κ1) is 27.3. The first-order chi connectivity index (χ1) is 18.0. The van der Waals surface area contributed by atoms with E-state index < -0.39 is 6.36 Å². The Kier molecular flexibility index (Phi) is 8.12. The maximum absolute atomic E-state index is 12.7. The quantitative estimate of drug-likeness (QED) is 0.181. The van der Waals surface area contributed by atoms with Gasteiger partial charge in [-0.05, 0) is 55.3 Å². The minimum atomic E-state index is -4.79. The number of aliphatic imine (C=N–C) groups is 1. The van der Waals surface area contributed by atoms with Gasteiger partial charge in [-0.2, -0.15) is 0 Å². The number of carbonyl (C=O) groups is 2. The average Bonchev–Trinajstić information content (AvgIpc) is 3.60. The number of Topliss-reactive ketones (excluding diaryl/α,β-unsaturated/α-hetero) is 2. The smallest absolute Gasteiger partial charge is 0.506 e. The summed E-state index contributed by atoms with van der Waals surface area (Å²) in [7, 11) is 1.86. The van der Waals surface area contributed by atoms with Crippen molar-refractivity contribution >= 4 is 40.0 Å². The molecule has 0 unspecified atom stereocenters. The highest BCUT2D eigenvalue weighted by molar-refractivity contribution is 7.16. The zero-order valence-corrected chi connectivity index (χ0v) is 21.9. The van der Waals surface area contributed by atoms with Crippen molar-refractivity contribution in [3.05, 3.63) is 75.3 Å². The second-order valence-corrected chi connectivity index (χ2v) is 10.3. The topological polar surface area (TPSA) is 93.8 Å². The summed E-state index contributed by atoms with van der Waals surface area (Å²) in [6, 6.07) is 8.41. The van der Waals surface area contributed by atoms with Gasteiger partial charge < -0.3 is 14.4 Å². The number of halogens is 3. The first-order valence-electron chi connectivity index (χ1n) is 11.3. The second kappa shape index (κ2) is 11.3. The Morgan fingerprint density at radius 1 is 1.11 bits per heavy atom. The number of hydrogen-bond acceptors (Lipinski definition) is 8. The lowest BCUT2D eigenvalue weighted by Gasteiger charge is -2.09. The van der Waals surface area contributed by atoms with Crippen LogP contribution in [0, 0.1) is 0 Å². The first-order valence-corrected chi connectivity index (χ1v) is 13.0. The van der Waals surface area contributed by atoms with Gasteiger partial charge in [-0.3, -0.25) is 14.6 Å². The monoisotopic (exact) mass is 561 g/mol. The van der Waals surface area contributed by atoms with Gasteiger partial charge in [0.2, 0.25) is 0 Å². The predicted molar refractivity (Wildman–Crippen MR) is 140 cm³/mol. The molecule has 3 aromatic heterocycles. The molecule has 1 aromatic carbocycles. The van der Waals surface area contributed by atoms with Crippen LogP contribution in [0.5, 0.6) is 11.5 Å². The number of nitrogens with zero attached hydrogens (tertiary/aromatic N) is 3. The molecule has 3 heterocycles. The van der Waals surface area contributed by atoms with Crippen LogP contribution in [0.15, 0.2) is 59.3 Å². The maximum Gasteiger partial charge on any atom is 0.573 e. The molecule has 0 amide bonds. The Balaban J connectivity index is 1.37. The largest absolute Gasteiger partial charge is 0.573 e. The number of imidazole rings is 1. The third-order valence-corrected chi connectivity index (χ3v) is 7.67. The van der Waals surface area contributed by atoms with Crippen LogP contribution in [-0.4, -0.2) is 44.8 Å². The zero-order valence-electron chi connectivity index (χ0n) is 20.3. The summed E-state index contributed by atoms with van der Waals surface area (Å²) >= 11 is 2.32. The molecule has 0 fully saturated rings. The van der Waals surface area contributed by atoms with Gasteiger partial charge in [-0.15, -0.1) is 35.8 Å². The molecule has 0 atom stereocenters. The van der Waals surface area contributed by atoms with Gasteiger partial charge in [0, 0.05) is 36.3 Å². The highest BCUT2D eigenvalue weighted by Crippen LogP contribution is 2.39. The van der Waals surface area contributed by atoms with Crippen molar-refractivity contribution in [3.63, 3.8) is 0 Å². The van der Waals surface area contributed by atoms with E-state index in [1.807, 2.05) is 17.8 Å². The van der Waals surface area contributed by atoms with Crippen molar-refractivity contribution in [2.24, 2.45) is 12.0 Å². The summed E-state index contributed by atoms with van der Waals surface area (Å²) < 4.78 is 42.8. The Bertz CT molecular complexity index is 1480. The van der Waals surface area contributed by atoms with Crippen molar-refractivity contribution < 1.29 is 32.6 Å². The summed E-state index contributed by atoms with van der Waals surface area (Å²) in [4.78, 5) is 35.0. The van der Waals surface area contributed by atoms with Crippen LogP contribution < -0.4 is 4.74 Å². The molecule has 0 bridgehead atoms. The fourth-order valence-electron chi connectivity index (χ4n) is 3.57. The number of thiophene rings is 2. The van der Waals surface area contributed by atoms with Gasteiger partial charge in [0.05, 0.1) is 26.7 Å². The summed E-state index contributed by atoms with van der Waals surface area (Å²) in [5.41, 5.74) is 2.19. The van der Waals surface area contributed by atoms with E-state index in [1.165, 1.54) is 35.6 Å². The summed E-state index contributed by atoms with van der Waals surface area (Å²) in [6.45, 7) is 1.49. The van der Waals surface area contributed by atoms with Gasteiger partial charge in [0.15, 0.2) is 11.6 Å². The molecule has 0 saturated carbocycles. The molecule has 1 N–H and O–H groups in total. The molecule has 4 aromatic rings. The van der Waals surface area contributed by atoms with Crippen LogP contribution in [0.2, 0.25) is 0 Å². The van der Waals surface area contributed by atoms with E-state index in [0.717, 1.165) is 17.0 Å². The average molecular weight is 562 g/mol. The zero-order chi connectivity index (χ0) is 27.4. The van der Waals surface area contributed by atoms with Crippen LogP contribution in [0.4, 0.5) is 13.2 Å². The van der Waals surface area contributed by atoms with Crippen LogP contribution in [0.3, 0.4) is 0 Å². The molecule has 4 rings (SSSR count). The molecular weight excluding hydrogens is 539 g/mol. The standard InChI is InChI=1S/C26H22F3N3O4S2/c1-15(19-13-37-25(24(19)35)16-3-6-18(7-4-16)36-26(27,28)29)30-11-21(34)23-10-9-22(38-23)20(33)8-5-17-12-32(2)14-31-17/h3-4,6-7,9-10,12-14,35H,5,8,11H2,1-2H3. The number of aromatic nitrogens is 2. The van der Waals surface area contributed by atoms with E-state index in [-0.39, 0.29) is 29.6 Å². The van der Waals surface area contributed by atoms with E-state index in [1.54, 1.807) is 30.8 Å². The Labute approximate surface area is 223 Å².